The van der Waals surface area contributed by atoms with E-state index in [1.807, 2.05) is 65.4 Å². The molecule has 6 nitrogen and oxygen atoms in total. The van der Waals surface area contributed by atoms with Crippen LogP contribution in [0, 0.1) is 6.92 Å². The molecular weight excluding hydrogens is 372 g/mol. The van der Waals surface area contributed by atoms with Crippen LogP contribution in [-0.4, -0.2) is 26.7 Å². The second kappa shape index (κ2) is 7.74. The Hall–Kier alpha value is -3.32. The summed E-state index contributed by atoms with van der Waals surface area (Å²) in [6.07, 6.45) is 5.15. The van der Waals surface area contributed by atoms with E-state index in [4.69, 9.17) is 4.42 Å². The number of imidazole rings is 1. The van der Waals surface area contributed by atoms with Crippen molar-refractivity contribution in [3.8, 4) is 16.9 Å². The van der Waals surface area contributed by atoms with Crippen LogP contribution in [-0.2, 0) is 0 Å². The fourth-order valence-corrected chi connectivity index (χ4v) is 3.43. The molecule has 0 bridgehead atoms. The molecule has 2 aromatic heterocycles. The summed E-state index contributed by atoms with van der Waals surface area (Å²) in [4.78, 5) is 21.6. The summed E-state index contributed by atoms with van der Waals surface area (Å²) in [6, 6.07) is 17.2. The van der Waals surface area contributed by atoms with E-state index in [0.29, 0.717) is 17.3 Å². The molecule has 0 saturated carbocycles. The minimum Gasteiger partial charge on any atom is -0.449 e. The fraction of sp³-hybridized carbons (Fsp3) is 0.0952. The van der Waals surface area contributed by atoms with Crippen molar-refractivity contribution in [1.82, 2.24) is 14.5 Å². The Bertz CT molecular complexity index is 1100. The van der Waals surface area contributed by atoms with Gasteiger partial charge in [-0.15, -0.1) is 0 Å². The number of hydrogen-bond acceptors (Lipinski definition) is 5. The maximum absolute atomic E-state index is 12.9. The number of aryl methyl sites for hydroxylation is 1. The van der Waals surface area contributed by atoms with Crippen LogP contribution in [0.15, 0.2) is 76.6 Å². The summed E-state index contributed by atoms with van der Waals surface area (Å²) in [7, 11) is 0. The van der Waals surface area contributed by atoms with Crippen molar-refractivity contribution in [1.29, 1.82) is 0 Å². The second-order valence-electron chi connectivity index (χ2n) is 6.08. The quantitative estimate of drug-likeness (QED) is 0.495. The molecule has 0 radical (unpaired) electrons. The first-order valence-electron chi connectivity index (χ1n) is 8.67. The molecule has 0 aliphatic heterocycles. The minimum atomic E-state index is -0.221. The topological polar surface area (TPSA) is 73.0 Å². The molecule has 0 aliphatic carbocycles. The van der Waals surface area contributed by atoms with Gasteiger partial charge in [-0.3, -0.25) is 9.36 Å². The first-order chi connectivity index (χ1) is 13.7. The van der Waals surface area contributed by atoms with Crippen LogP contribution >= 0.6 is 11.8 Å². The zero-order chi connectivity index (χ0) is 19.5. The highest BCUT2D eigenvalue weighted by Crippen LogP contribution is 2.24. The first kappa shape index (κ1) is 18.1. The highest BCUT2D eigenvalue weighted by molar-refractivity contribution is 7.98. The molecule has 4 aromatic rings. The van der Waals surface area contributed by atoms with E-state index in [1.54, 1.807) is 19.4 Å². The third-order valence-electron chi connectivity index (χ3n) is 4.22. The smallest absolute Gasteiger partial charge is 0.274 e. The average Bonchev–Trinajstić information content (AvgIpc) is 3.35. The van der Waals surface area contributed by atoms with Crippen molar-refractivity contribution in [2.75, 3.05) is 11.6 Å². The van der Waals surface area contributed by atoms with Gasteiger partial charge in [0.05, 0.1) is 6.20 Å². The van der Waals surface area contributed by atoms with Gasteiger partial charge >= 0.3 is 0 Å². The maximum atomic E-state index is 12.9. The van der Waals surface area contributed by atoms with E-state index in [-0.39, 0.29) is 5.91 Å². The minimum absolute atomic E-state index is 0.221. The van der Waals surface area contributed by atoms with Gasteiger partial charge in [0.15, 0.2) is 11.0 Å². The SMILES string of the molecule is CSc1ncc(C(=O)Nc2ccc(-c3coc(C)n3)cc2)n1-c1ccccc1. The Morgan fingerprint density at radius 3 is 2.50 bits per heavy atom. The molecule has 0 saturated heterocycles. The lowest BCUT2D eigenvalue weighted by Crippen LogP contribution is -2.16. The third kappa shape index (κ3) is 3.57. The van der Waals surface area contributed by atoms with Crippen LogP contribution in [0.25, 0.3) is 16.9 Å². The van der Waals surface area contributed by atoms with Crippen molar-refractivity contribution in [3.05, 3.63) is 78.6 Å². The van der Waals surface area contributed by atoms with Crippen LogP contribution in [0.3, 0.4) is 0 Å². The number of hydrogen-bond donors (Lipinski definition) is 1. The highest BCUT2D eigenvalue weighted by atomic mass is 32.2. The van der Waals surface area contributed by atoms with E-state index >= 15 is 0 Å². The molecule has 0 atom stereocenters. The number of thioether (sulfide) groups is 1. The summed E-state index contributed by atoms with van der Waals surface area (Å²) >= 11 is 1.49. The Balaban J connectivity index is 1.58. The van der Waals surface area contributed by atoms with Gasteiger partial charge in [-0.05, 0) is 30.5 Å². The zero-order valence-electron chi connectivity index (χ0n) is 15.4. The Morgan fingerprint density at radius 2 is 1.86 bits per heavy atom. The van der Waals surface area contributed by atoms with Gasteiger partial charge in [0.1, 0.15) is 17.7 Å². The molecule has 0 unspecified atom stereocenters. The number of nitrogens with zero attached hydrogens (tertiary/aromatic N) is 3. The van der Waals surface area contributed by atoms with Crippen LogP contribution in [0.1, 0.15) is 16.4 Å². The summed E-state index contributed by atoms with van der Waals surface area (Å²) in [6.45, 7) is 1.80. The van der Waals surface area contributed by atoms with Crippen molar-refractivity contribution < 1.29 is 9.21 Å². The number of anilines is 1. The molecule has 1 N–H and O–H groups in total. The molecule has 28 heavy (non-hydrogen) atoms. The van der Waals surface area contributed by atoms with Crippen LogP contribution in [0.2, 0.25) is 0 Å². The number of amides is 1. The number of benzene rings is 2. The summed E-state index contributed by atoms with van der Waals surface area (Å²) in [5, 5.41) is 3.69. The number of para-hydroxylation sites is 1. The molecule has 7 heteroatoms. The molecule has 140 valence electrons. The highest BCUT2D eigenvalue weighted by Gasteiger charge is 2.18. The van der Waals surface area contributed by atoms with Crippen molar-refractivity contribution in [2.45, 2.75) is 12.1 Å². The van der Waals surface area contributed by atoms with Crippen molar-refractivity contribution in [2.24, 2.45) is 0 Å². The molecule has 4 rings (SSSR count). The van der Waals surface area contributed by atoms with Gasteiger partial charge < -0.3 is 9.73 Å². The standard InChI is InChI=1S/C21H18N4O2S/c1-14-23-18(13-27-14)15-8-10-16(11-9-15)24-20(26)19-12-22-21(28-2)25(19)17-6-4-3-5-7-17/h3-13H,1-2H3,(H,24,26). The van der Waals surface area contributed by atoms with Gasteiger partial charge in [0, 0.05) is 23.9 Å². The summed E-state index contributed by atoms with van der Waals surface area (Å²) < 4.78 is 7.10. The van der Waals surface area contributed by atoms with Gasteiger partial charge in [-0.2, -0.15) is 0 Å². The molecule has 1 amide bonds. The average molecular weight is 390 g/mol. The number of nitrogens with one attached hydrogen (secondary N) is 1. The predicted molar refractivity (Wildman–Crippen MR) is 110 cm³/mol. The fourth-order valence-electron chi connectivity index (χ4n) is 2.88. The Kier molecular flexibility index (Phi) is 4.99. The number of rotatable bonds is 5. The number of carbonyl (C=O) groups excluding carboxylic acids is 1. The Morgan fingerprint density at radius 1 is 1.11 bits per heavy atom. The van der Waals surface area contributed by atoms with Crippen LogP contribution in [0.4, 0.5) is 5.69 Å². The van der Waals surface area contributed by atoms with Gasteiger partial charge in [0.25, 0.3) is 5.91 Å². The number of oxazole rings is 1. The number of carbonyl (C=O) groups is 1. The summed E-state index contributed by atoms with van der Waals surface area (Å²) in [5.41, 5.74) is 3.76. The van der Waals surface area contributed by atoms with E-state index in [1.165, 1.54) is 11.8 Å². The first-order valence-corrected chi connectivity index (χ1v) is 9.89. The normalized spacial score (nSPS) is 10.8. The van der Waals surface area contributed by atoms with E-state index < -0.39 is 0 Å². The maximum Gasteiger partial charge on any atom is 0.274 e. The molecule has 0 aliphatic rings. The predicted octanol–water partition coefficient (Wildman–Crippen LogP) is 4.81. The Labute approximate surface area is 166 Å². The van der Waals surface area contributed by atoms with Gasteiger partial charge in [0.2, 0.25) is 0 Å². The molecule has 2 heterocycles. The van der Waals surface area contributed by atoms with E-state index in [9.17, 15) is 4.79 Å². The van der Waals surface area contributed by atoms with E-state index in [0.717, 1.165) is 22.1 Å². The monoisotopic (exact) mass is 390 g/mol. The van der Waals surface area contributed by atoms with Crippen LogP contribution < -0.4 is 5.32 Å². The van der Waals surface area contributed by atoms with Crippen molar-refractivity contribution >= 4 is 23.4 Å². The lowest BCUT2D eigenvalue weighted by Gasteiger charge is -2.11. The second-order valence-corrected chi connectivity index (χ2v) is 6.86. The van der Waals surface area contributed by atoms with Crippen LogP contribution in [0.5, 0.6) is 0 Å². The largest absolute Gasteiger partial charge is 0.449 e. The lowest BCUT2D eigenvalue weighted by molar-refractivity contribution is 0.102. The molecule has 0 fully saturated rings. The van der Waals surface area contributed by atoms with E-state index in [2.05, 4.69) is 15.3 Å². The lowest BCUT2D eigenvalue weighted by atomic mass is 10.1. The third-order valence-corrected chi connectivity index (χ3v) is 4.87. The van der Waals surface area contributed by atoms with Gasteiger partial charge in [-0.1, -0.05) is 42.1 Å². The molecule has 2 aromatic carbocycles. The molecule has 0 spiro atoms. The summed E-state index contributed by atoms with van der Waals surface area (Å²) in [5.74, 6) is 0.396. The van der Waals surface area contributed by atoms with Gasteiger partial charge in [-0.25, -0.2) is 9.97 Å². The zero-order valence-corrected chi connectivity index (χ0v) is 16.2. The van der Waals surface area contributed by atoms with Crippen molar-refractivity contribution in [3.63, 3.8) is 0 Å². The molecular formula is C21H18N4O2S. The number of aromatic nitrogens is 3.